The van der Waals surface area contributed by atoms with Crippen LogP contribution in [0.2, 0.25) is 0 Å². The number of allylic oxidation sites excluding steroid dienone is 2. The molecule has 2 fully saturated rings. The van der Waals surface area contributed by atoms with E-state index in [-0.39, 0.29) is 34.3 Å². The van der Waals surface area contributed by atoms with Gasteiger partial charge in [-0.3, -0.25) is 9.59 Å². The topological polar surface area (TPSA) is 52.6 Å². The Kier molecular flexibility index (Phi) is 3.67. The van der Waals surface area contributed by atoms with Crippen LogP contribution in [-0.4, -0.2) is 29.9 Å². The number of hydrogen-bond donors (Lipinski definition) is 0. The highest BCUT2D eigenvalue weighted by molar-refractivity contribution is 6.25. The van der Waals surface area contributed by atoms with Crippen molar-refractivity contribution in [2.45, 2.75) is 77.9 Å². The third-order valence-corrected chi connectivity index (χ3v) is 7.31. The van der Waals surface area contributed by atoms with Crippen molar-refractivity contribution in [2.24, 2.45) is 17.3 Å². The number of ketones is 2. The molecule has 4 heteroatoms. The normalized spacial score (nSPS) is 38.7. The largest absolute Gasteiger partial charge is 0.492 e. The maximum atomic E-state index is 13.4. The molecule has 1 saturated heterocycles. The van der Waals surface area contributed by atoms with Crippen molar-refractivity contribution in [2.75, 3.05) is 7.11 Å². The molecule has 0 aromatic heterocycles. The molecule has 26 heavy (non-hydrogen) atoms. The molecule has 0 amide bonds. The van der Waals surface area contributed by atoms with Crippen molar-refractivity contribution in [1.82, 2.24) is 0 Å². The number of hydrogen-bond acceptors (Lipinski definition) is 4. The molecule has 2 bridgehead atoms. The minimum atomic E-state index is -0.661. The van der Waals surface area contributed by atoms with Gasteiger partial charge >= 0.3 is 0 Å². The van der Waals surface area contributed by atoms with Gasteiger partial charge in [0.2, 0.25) is 5.78 Å². The second kappa shape index (κ2) is 5.31. The first-order valence-electron chi connectivity index (χ1n) is 9.88. The highest BCUT2D eigenvalue weighted by Gasteiger charge is 2.66. The van der Waals surface area contributed by atoms with E-state index in [1.165, 1.54) is 13.5 Å². The Morgan fingerprint density at radius 2 is 1.81 bits per heavy atom. The second-order valence-corrected chi connectivity index (χ2v) is 9.79. The van der Waals surface area contributed by atoms with Crippen molar-refractivity contribution in [3.8, 4) is 0 Å². The van der Waals surface area contributed by atoms with Gasteiger partial charge in [-0.2, -0.15) is 0 Å². The zero-order valence-corrected chi connectivity index (χ0v) is 16.8. The summed E-state index contributed by atoms with van der Waals surface area (Å²) in [7, 11) is 1.49. The maximum Gasteiger partial charge on any atom is 0.224 e. The van der Waals surface area contributed by atoms with E-state index in [0.717, 1.165) is 19.3 Å². The molecule has 1 spiro atoms. The van der Waals surface area contributed by atoms with E-state index in [1.807, 2.05) is 20.8 Å². The van der Waals surface area contributed by atoms with Crippen molar-refractivity contribution in [3.63, 3.8) is 0 Å². The van der Waals surface area contributed by atoms with Crippen LogP contribution in [0, 0.1) is 17.3 Å². The van der Waals surface area contributed by atoms with Crippen LogP contribution in [0.4, 0.5) is 0 Å². The molecule has 0 unspecified atom stereocenters. The zero-order chi connectivity index (χ0) is 19.1. The fraction of sp³-hybridized carbons (Fsp3) is 0.727. The molecular formula is C22H30O4. The Balaban J connectivity index is 1.87. The minimum Gasteiger partial charge on any atom is -0.492 e. The molecule has 4 aliphatic rings. The average Bonchev–Trinajstić information content (AvgIpc) is 2.78. The molecule has 2 aliphatic heterocycles. The lowest BCUT2D eigenvalue weighted by Crippen LogP contribution is -2.51. The standard InChI is InChI=1S/C22H30O4/c1-12(2)15-18(24)16-13(17(23)19(15)25-6)10-22-9-7-8-20(3,4)14(22)11-21(16,5)26-22/h12,14H,7-11H2,1-6H3/t14-,21-,22-/m0/s1. The highest BCUT2D eigenvalue weighted by atomic mass is 16.5. The van der Waals surface area contributed by atoms with Crippen molar-refractivity contribution >= 4 is 11.6 Å². The first-order chi connectivity index (χ1) is 12.1. The number of ether oxygens (including phenoxy) is 2. The maximum absolute atomic E-state index is 13.4. The van der Waals surface area contributed by atoms with Gasteiger partial charge in [0.15, 0.2) is 11.5 Å². The summed E-state index contributed by atoms with van der Waals surface area (Å²) in [6.07, 6.45) is 4.62. The molecule has 0 aromatic carbocycles. The smallest absolute Gasteiger partial charge is 0.224 e. The number of carbonyl (C=O) groups is 2. The number of carbonyl (C=O) groups excluding carboxylic acids is 2. The molecule has 0 N–H and O–H groups in total. The Labute approximate surface area is 156 Å². The van der Waals surface area contributed by atoms with Gasteiger partial charge in [-0.1, -0.05) is 34.1 Å². The minimum absolute atomic E-state index is 0.0414. The summed E-state index contributed by atoms with van der Waals surface area (Å²) in [4.78, 5) is 26.7. The van der Waals surface area contributed by atoms with E-state index in [1.54, 1.807) is 0 Å². The third kappa shape index (κ3) is 2.11. The quantitative estimate of drug-likeness (QED) is 0.696. The summed E-state index contributed by atoms with van der Waals surface area (Å²) in [5, 5.41) is 0. The summed E-state index contributed by atoms with van der Waals surface area (Å²) < 4.78 is 12.1. The fourth-order valence-electron chi connectivity index (χ4n) is 6.27. The second-order valence-electron chi connectivity index (χ2n) is 9.79. The van der Waals surface area contributed by atoms with Crippen LogP contribution in [0.3, 0.4) is 0 Å². The Morgan fingerprint density at radius 3 is 2.42 bits per heavy atom. The molecule has 2 aliphatic carbocycles. The predicted octanol–water partition coefficient (Wildman–Crippen LogP) is 4.14. The van der Waals surface area contributed by atoms with Crippen LogP contribution in [0.1, 0.15) is 66.7 Å². The molecule has 0 aromatic rings. The fourth-order valence-corrected chi connectivity index (χ4v) is 6.27. The van der Waals surface area contributed by atoms with Gasteiger partial charge in [-0.25, -0.2) is 0 Å². The average molecular weight is 358 g/mol. The molecule has 4 rings (SSSR count). The number of fused-ring (bicyclic) bond motifs is 2. The van der Waals surface area contributed by atoms with Gasteiger partial charge in [0, 0.05) is 23.1 Å². The summed E-state index contributed by atoms with van der Waals surface area (Å²) >= 11 is 0. The Morgan fingerprint density at radius 1 is 1.12 bits per heavy atom. The molecular weight excluding hydrogens is 328 g/mol. The molecule has 2 heterocycles. The van der Waals surface area contributed by atoms with Crippen molar-refractivity contribution in [1.29, 1.82) is 0 Å². The van der Waals surface area contributed by atoms with Crippen LogP contribution in [0.25, 0.3) is 0 Å². The third-order valence-electron chi connectivity index (χ3n) is 7.31. The lowest BCUT2D eigenvalue weighted by atomic mass is 9.60. The molecule has 3 atom stereocenters. The summed E-state index contributed by atoms with van der Waals surface area (Å²) in [5.74, 6) is 0.421. The Hall–Kier alpha value is -1.42. The van der Waals surface area contributed by atoms with Crippen molar-refractivity contribution < 1.29 is 19.1 Å². The monoisotopic (exact) mass is 358 g/mol. The zero-order valence-electron chi connectivity index (χ0n) is 16.8. The van der Waals surface area contributed by atoms with E-state index in [4.69, 9.17) is 9.47 Å². The summed E-state index contributed by atoms with van der Waals surface area (Å²) in [6, 6.07) is 0. The number of Topliss-reactive ketones (excluding diaryl/α,β-unsaturated/α-hetero) is 2. The highest BCUT2D eigenvalue weighted by Crippen LogP contribution is 2.64. The van der Waals surface area contributed by atoms with Crippen LogP contribution < -0.4 is 0 Å². The molecule has 4 nitrogen and oxygen atoms in total. The summed E-state index contributed by atoms with van der Waals surface area (Å²) in [5.41, 5.74) is 0.972. The van der Waals surface area contributed by atoms with Crippen LogP contribution in [-0.2, 0) is 19.1 Å². The lowest BCUT2D eigenvalue weighted by molar-refractivity contribution is -0.144. The Bertz CT molecular complexity index is 769. The molecule has 1 saturated carbocycles. The van der Waals surface area contributed by atoms with E-state index in [2.05, 4.69) is 13.8 Å². The van der Waals surface area contributed by atoms with Gasteiger partial charge in [0.1, 0.15) is 0 Å². The van der Waals surface area contributed by atoms with Crippen LogP contribution in [0.5, 0.6) is 0 Å². The molecule has 142 valence electrons. The van der Waals surface area contributed by atoms with Gasteiger partial charge in [0.05, 0.1) is 18.3 Å². The SMILES string of the molecule is COC1=C(C(C)C)C(=O)C2=C(C[C@@]34CCCC(C)(C)[C@@H]3C[C@]2(C)O4)C1=O. The predicted molar refractivity (Wildman–Crippen MR) is 98.5 cm³/mol. The first kappa shape index (κ1) is 18.0. The first-order valence-corrected chi connectivity index (χ1v) is 9.88. The lowest BCUT2D eigenvalue weighted by Gasteiger charge is -2.49. The summed E-state index contributed by atoms with van der Waals surface area (Å²) in [6.45, 7) is 10.5. The van der Waals surface area contributed by atoms with E-state index >= 15 is 0 Å². The van der Waals surface area contributed by atoms with Gasteiger partial charge in [0.25, 0.3) is 0 Å². The van der Waals surface area contributed by atoms with Crippen molar-refractivity contribution in [3.05, 3.63) is 22.5 Å². The van der Waals surface area contributed by atoms with Gasteiger partial charge in [-0.15, -0.1) is 0 Å². The number of methoxy groups -OCH3 is 1. The van der Waals surface area contributed by atoms with Crippen LogP contribution in [0.15, 0.2) is 22.5 Å². The van der Waals surface area contributed by atoms with E-state index in [0.29, 0.717) is 29.1 Å². The number of rotatable bonds is 2. The van der Waals surface area contributed by atoms with Gasteiger partial charge < -0.3 is 9.47 Å². The molecule has 0 radical (unpaired) electrons. The van der Waals surface area contributed by atoms with Gasteiger partial charge in [-0.05, 0) is 43.4 Å². The van der Waals surface area contributed by atoms with Crippen LogP contribution >= 0.6 is 0 Å². The van der Waals surface area contributed by atoms with E-state index in [9.17, 15) is 9.59 Å². The van der Waals surface area contributed by atoms with E-state index < -0.39 is 5.60 Å².